The third-order valence-electron chi connectivity index (χ3n) is 6.20. The fraction of sp³-hybridized carbons (Fsp3) is 0.478. The molecule has 0 spiro atoms. The Morgan fingerprint density at radius 3 is 2.83 bits per heavy atom. The molecule has 2 aliphatic rings. The summed E-state index contributed by atoms with van der Waals surface area (Å²) >= 11 is 0. The molecule has 30 heavy (non-hydrogen) atoms. The molecule has 0 bridgehead atoms. The van der Waals surface area contributed by atoms with Crippen molar-refractivity contribution in [3.05, 3.63) is 46.9 Å². The zero-order valence-electron chi connectivity index (χ0n) is 17.9. The molecule has 0 radical (unpaired) electrons. The van der Waals surface area contributed by atoms with Crippen LogP contribution in [0.2, 0.25) is 0 Å². The molecule has 1 atom stereocenters. The molecule has 0 unspecified atom stereocenters. The standard InChI is InChI=1S/C23H28N4O3/c1-15-18-9-11-20(28)26(2)23(18)25-22(24-15)17-12-13-27(14-17)21(29)10-8-16-6-4-5-7-19(16)30-3/h4-7,17H,8-14H2,1-3H3/t17-/m0/s1. The Balaban J connectivity index is 1.42. The number of carbonyl (C=O) groups excluding carboxylic acids is 2. The van der Waals surface area contributed by atoms with Gasteiger partial charge in [0.25, 0.3) is 0 Å². The number of anilines is 1. The van der Waals surface area contributed by atoms with Crippen molar-refractivity contribution in [2.45, 2.75) is 44.9 Å². The quantitative estimate of drug-likeness (QED) is 0.760. The number of benzene rings is 1. The molecule has 1 aromatic heterocycles. The summed E-state index contributed by atoms with van der Waals surface area (Å²) in [4.78, 5) is 37.9. The molecule has 4 rings (SSSR count). The van der Waals surface area contributed by atoms with Gasteiger partial charge >= 0.3 is 0 Å². The predicted molar refractivity (Wildman–Crippen MR) is 114 cm³/mol. The van der Waals surface area contributed by atoms with E-state index in [2.05, 4.69) is 0 Å². The largest absolute Gasteiger partial charge is 0.496 e. The molecule has 0 aliphatic carbocycles. The Kier molecular flexibility index (Phi) is 5.70. The zero-order chi connectivity index (χ0) is 21.3. The van der Waals surface area contributed by atoms with E-state index in [1.165, 1.54) is 0 Å². The number of carbonyl (C=O) groups is 2. The van der Waals surface area contributed by atoms with Gasteiger partial charge in [0.15, 0.2) is 0 Å². The van der Waals surface area contributed by atoms with Crippen molar-refractivity contribution in [3.8, 4) is 5.75 Å². The van der Waals surface area contributed by atoms with E-state index in [0.29, 0.717) is 38.8 Å². The fourth-order valence-corrected chi connectivity index (χ4v) is 4.38. The SMILES string of the molecule is COc1ccccc1CCC(=O)N1CC[C@H](c2nc(C)c3c(n2)N(C)C(=O)CC3)C1. The summed E-state index contributed by atoms with van der Waals surface area (Å²) in [6.45, 7) is 3.32. The first-order valence-electron chi connectivity index (χ1n) is 10.5. The van der Waals surface area contributed by atoms with Gasteiger partial charge in [0, 0.05) is 50.2 Å². The summed E-state index contributed by atoms with van der Waals surface area (Å²) in [6.07, 6.45) is 3.16. The monoisotopic (exact) mass is 408 g/mol. The second-order valence-electron chi connectivity index (χ2n) is 8.06. The lowest BCUT2D eigenvalue weighted by molar-refractivity contribution is -0.130. The number of ether oxygens (including phenoxy) is 1. The first-order chi connectivity index (χ1) is 14.5. The maximum atomic E-state index is 12.8. The number of hydrogen-bond acceptors (Lipinski definition) is 5. The van der Waals surface area contributed by atoms with Gasteiger partial charge in [0.05, 0.1) is 7.11 Å². The van der Waals surface area contributed by atoms with Gasteiger partial charge in [0.1, 0.15) is 17.4 Å². The molecule has 7 nitrogen and oxygen atoms in total. The maximum Gasteiger partial charge on any atom is 0.228 e. The van der Waals surface area contributed by atoms with Crippen LogP contribution in [0.3, 0.4) is 0 Å². The summed E-state index contributed by atoms with van der Waals surface area (Å²) in [5, 5.41) is 0. The van der Waals surface area contributed by atoms with E-state index in [-0.39, 0.29) is 17.7 Å². The maximum absolute atomic E-state index is 12.8. The Labute approximate surface area is 177 Å². The van der Waals surface area contributed by atoms with E-state index < -0.39 is 0 Å². The smallest absolute Gasteiger partial charge is 0.228 e. The molecule has 3 heterocycles. The van der Waals surface area contributed by atoms with Crippen LogP contribution >= 0.6 is 0 Å². The van der Waals surface area contributed by atoms with E-state index in [1.54, 1.807) is 19.1 Å². The number of likely N-dealkylation sites (tertiary alicyclic amines) is 1. The topological polar surface area (TPSA) is 75.6 Å². The van der Waals surface area contributed by atoms with Crippen molar-refractivity contribution in [2.24, 2.45) is 0 Å². The summed E-state index contributed by atoms with van der Waals surface area (Å²) in [6, 6.07) is 7.82. The lowest BCUT2D eigenvalue weighted by atomic mass is 10.0. The number of aryl methyl sites for hydroxylation is 2. The number of hydrogen-bond donors (Lipinski definition) is 0. The van der Waals surface area contributed by atoms with Crippen LogP contribution in [0.4, 0.5) is 5.82 Å². The van der Waals surface area contributed by atoms with Crippen molar-refractivity contribution in [2.75, 3.05) is 32.1 Å². The predicted octanol–water partition coefficient (Wildman–Crippen LogP) is 2.65. The molecule has 0 N–H and O–H groups in total. The van der Waals surface area contributed by atoms with Crippen LogP contribution in [0.15, 0.2) is 24.3 Å². The molecule has 2 amide bonds. The molecular weight excluding hydrogens is 380 g/mol. The highest BCUT2D eigenvalue weighted by molar-refractivity contribution is 5.94. The highest BCUT2D eigenvalue weighted by atomic mass is 16.5. The third-order valence-corrected chi connectivity index (χ3v) is 6.20. The van der Waals surface area contributed by atoms with Gasteiger partial charge in [-0.15, -0.1) is 0 Å². The Hall–Kier alpha value is -2.96. The van der Waals surface area contributed by atoms with Gasteiger partial charge in [-0.2, -0.15) is 0 Å². The lowest BCUT2D eigenvalue weighted by Crippen LogP contribution is -2.33. The molecule has 2 aromatic rings. The minimum absolute atomic E-state index is 0.0890. The van der Waals surface area contributed by atoms with E-state index in [4.69, 9.17) is 14.7 Å². The normalized spacial score (nSPS) is 18.5. The van der Waals surface area contributed by atoms with Gasteiger partial charge in [0.2, 0.25) is 11.8 Å². The number of para-hydroxylation sites is 1. The highest BCUT2D eigenvalue weighted by Crippen LogP contribution is 2.31. The zero-order valence-corrected chi connectivity index (χ0v) is 17.9. The van der Waals surface area contributed by atoms with E-state index >= 15 is 0 Å². The lowest BCUT2D eigenvalue weighted by Gasteiger charge is -2.26. The first-order valence-corrected chi connectivity index (χ1v) is 10.5. The van der Waals surface area contributed by atoms with Gasteiger partial charge < -0.3 is 9.64 Å². The van der Waals surface area contributed by atoms with Crippen LogP contribution in [0, 0.1) is 6.92 Å². The summed E-state index contributed by atoms with van der Waals surface area (Å²) < 4.78 is 5.38. The number of aromatic nitrogens is 2. The number of fused-ring (bicyclic) bond motifs is 1. The van der Waals surface area contributed by atoms with Crippen LogP contribution in [0.25, 0.3) is 0 Å². The molecule has 1 aromatic carbocycles. The molecule has 1 fully saturated rings. The Morgan fingerprint density at radius 1 is 1.23 bits per heavy atom. The summed E-state index contributed by atoms with van der Waals surface area (Å²) in [5.41, 5.74) is 3.05. The Bertz CT molecular complexity index is 975. The summed E-state index contributed by atoms with van der Waals surface area (Å²) in [5.74, 6) is 2.63. The number of amides is 2. The molecule has 2 aliphatic heterocycles. The minimum atomic E-state index is 0.0890. The van der Waals surface area contributed by atoms with E-state index in [0.717, 1.165) is 40.6 Å². The fourth-order valence-electron chi connectivity index (χ4n) is 4.38. The third kappa shape index (κ3) is 3.88. The van der Waals surface area contributed by atoms with Crippen LogP contribution in [-0.4, -0.2) is 53.9 Å². The van der Waals surface area contributed by atoms with Crippen molar-refractivity contribution in [1.82, 2.24) is 14.9 Å². The van der Waals surface area contributed by atoms with Crippen molar-refractivity contribution in [1.29, 1.82) is 0 Å². The second kappa shape index (κ2) is 8.42. The minimum Gasteiger partial charge on any atom is -0.496 e. The molecule has 158 valence electrons. The van der Waals surface area contributed by atoms with Gasteiger partial charge in [-0.1, -0.05) is 18.2 Å². The van der Waals surface area contributed by atoms with E-state index in [1.807, 2.05) is 36.1 Å². The van der Waals surface area contributed by atoms with Gasteiger partial charge in [-0.25, -0.2) is 9.97 Å². The highest BCUT2D eigenvalue weighted by Gasteiger charge is 2.32. The van der Waals surface area contributed by atoms with E-state index in [9.17, 15) is 9.59 Å². The second-order valence-corrected chi connectivity index (χ2v) is 8.06. The average Bonchev–Trinajstić information content (AvgIpc) is 3.25. The number of rotatable bonds is 5. The number of methoxy groups -OCH3 is 1. The molecule has 0 saturated carbocycles. The van der Waals surface area contributed by atoms with Gasteiger partial charge in [-0.3, -0.25) is 14.5 Å². The first kappa shape index (κ1) is 20.3. The van der Waals surface area contributed by atoms with Crippen LogP contribution in [0.5, 0.6) is 5.75 Å². The Morgan fingerprint density at radius 2 is 2.03 bits per heavy atom. The van der Waals surface area contributed by atoms with Crippen LogP contribution in [0.1, 0.15) is 47.8 Å². The molecule has 1 saturated heterocycles. The van der Waals surface area contributed by atoms with Crippen molar-refractivity contribution >= 4 is 17.6 Å². The molecule has 7 heteroatoms. The van der Waals surface area contributed by atoms with Gasteiger partial charge in [-0.05, 0) is 37.8 Å². The van der Waals surface area contributed by atoms with Crippen molar-refractivity contribution < 1.29 is 14.3 Å². The van der Waals surface area contributed by atoms with Crippen LogP contribution in [-0.2, 0) is 22.4 Å². The van der Waals surface area contributed by atoms with Crippen molar-refractivity contribution in [3.63, 3.8) is 0 Å². The van der Waals surface area contributed by atoms with Crippen LogP contribution < -0.4 is 9.64 Å². The number of nitrogens with zero attached hydrogens (tertiary/aromatic N) is 4. The molecular formula is C23H28N4O3. The summed E-state index contributed by atoms with van der Waals surface area (Å²) in [7, 11) is 3.43. The average molecular weight is 409 g/mol.